The Morgan fingerprint density at radius 1 is 1.29 bits per heavy atom. The molecule has 96 valence electrons. The molecule has 0 saturated heterocycles. The van der Waals surface area contributed by atoms with E-state index in [0.717, 1.165) is 23.7 Å². The molecular formula is C12H18FNO2S. The van der Waals surface area contributed by atoms with Gasteiger partial charge >= 0.3 is 0 Å². The normalized spacial score (nSPS) is 10.7. The molecule has 0 heterocycles. The topological polar surface area (TPSA) is 44.5 Å². The fraction of sp³-hybridized carbons (Fsp3) is 0.500. The van der Waals surface area contributed by atoms with E-state index in [1.165, 1.54) is 6.07 Å². The van der Waals surface area contributed by atoms with Crippen molar-refractivity contribution in [3.05, 3.63) is 24.0 Å². The molecule has 3 nitrogen and oxygen atoms in total. The largest absolute Gasteiger partial charge is 0.396 e. The van der Waals surface area contributed by atoms with Crippen molar-refractivity contribution in [3.8, 4) is 0 Å². The van der Waals surface area contributed by atoms with E-state index in [2.05, 4.69) is 0 Å². The number of anilines is 1. The highest BCUT2D eigenvalue weighted by molar-refractivity contribution is 7.99. The second kappa shape index (κ2) is 8.33. The maximum atomic E-state index is 13.1. The van der Waals surface area contributed by atoms with Gasteiger partial charge < -0.3 is 15.2 Å². The van der Waals surface area contributed by atoms with Gasteiger partial charge in [-0.2, -0.15) is 0 Å². The minimum absolute atomic E-state index is 0.185. The van der Waals surface area contributed by atoms with Crippen molar-refractivity contribution >= 4 is 17.4 Å². The third kappa shape index (κ3) is 5.91. The van der Waals surface area contributed by atoms with Crippen LogP contribution in [0.1, 0.15) is 6.42 Å². The number of nitrogens with two attached hydrogens (primary N) is 1. The Morgan fingerprint density at radius 2 is 2.12 bits per heavy atom. The molecule has 0 saturated carbocycles. The van der Waals surface area contributed by atoms with Gasteiger partial charge in [0.2, 0.25) is 0 Å². The van der Waals surface area contributed by atoms with Gasteiger partial charge in [0, 0.05) is 31.0 Å². The highest BCUT2D eigenvalue weighted by Crippen LogP contribution is 2.21. The highest BCUT2D eigenvalue weighted by Gasteiger charge is 2.00. The minimum Gasteiger partial charge on any atom is -0.396 e. The maximum Gasteiger partial charge on any atom is 0.147 e. The van der Waals surface area contributed by atoms with Crippen molar-refractivity contribution < 1.29 is 13.9 Å². The number of methoxy groups -OCH3 is 1. The Kier molecular flexibility index (Phi) is 7.00. The molecule has 0 aromatic heterocycles. The van der Waals surface area contributed by atoms with E-state index < -0.39 is 0 Å². The molecule has 2 N–H and O–H groups in total. The van der Waals surface area contributed by atoms with Crippen LogP contribution in [0.4, 0.5) is 10.1 Å². The van der Waals surface area contributed by atoms with Gasteiger partial charge in [0.05, 0.1) is 12.3 Å². The second-order valence-corrected chi connectivity index (χ2v) is 4.66. The van der Waals surface area contributed by atoms with Crippen LogP contribution in [0.2, 0.25) is 0 Å². The molecule has 0 aliphatic carbocycles. The van der Waals surface area contributed by atoms with E-state index in [9.17, 15) is 4.39 Å². The first-order valence-corrected chi connectivity index (χ1v) is 6.47. The molecule has 0 spiro atoms. The zero-order valence-corrected chi connectivity index (χ0v) is 10.8. The zero-order valence-electron chi connectivity index (χ0n) is 9.95. The average molecular weight is 259 g/mol. The van der Waals surface area contributed by atoms with Gasteiger partial charge in [-0.3, -0.25) is 0 Å². The van der Waals surface area contributed by atoms with Crippen LogP contribution in [-0.4, -0.2) is 32.7 Å². The van der Waals surface area contributed by atoms with Crippen LogP contribution in [0.25, 0.3) is 0 Å². The lowest BCUT2D eigenvalue weighted by atomic mass is 10.3. The molecule has 17 heavy (non-hydrogen) atoms. The Morgan fingerprint density at radius 3 is 2.82 bits per heavy atom. The van der Waals surface area contributed by atoms with Gasteiger partial charge in [-0.05, 0) is 24.6 Å². The fourth-order valence-corrected chi connectivity index (χ4v) is 2.01. The summed E-state index contributed by atoms with van der Waals surface area (Å²) in [5.74, 6) is 0.437. The van der Waals surface area contributed by atoms with Gasteiger partial charge in [-0.15, -0.1) is 11.8 Å². The fourth-order valence-electron chi connectivity index (χ4n) is 1.22. The number of nitrogen functional groups attached to an aromatic ring is 1. The summed E-state index contributed by atoms with van der Waals surface area (Å²) in [6.07, 6.45) is 0.900. The summed E-state index contributed by atoms with van der Waals surface area (Å²) in [6, 6.07) is 4.84. The van der Waals surface area contributed by atoms with Gasteiger partial charge in [-0.25, -0.2) is 4.39 Å². The van der Waals surface area contributed by atoms with E-state index in [1.807, 2.05) is 6.07 Å². The number of hydrogen-bond acceptors (Lipinski definition) is 4. The molecule has 1 rings (SSSR count). The Hall–Kier alpha value is -0.780. The van der Waals surface area contributed by atoms with E-state index >= 15 is 0 Å². The smallest absolute Gasteiger partial charge is 0.147 e. The standard InChI is InChI=1S/C12H18FNO2S/c1-15-5-2-6-16-7-8-17-10-3-4-12(14)11(13)9-10/h3-4,9H,2,5-8,14H2,1H3. The maximum absolute atomic E-state index is 13.1. The van der Waals surface area contributed by atoms with E-state index in [-0.39, 0.29) is 11.5 Å². The van der Waals surface area contributed by atoms with Crippen molar-refractivity contribution in [2.24, 2.45) is 0 Å². The van der Waals surface area contributed by atoms with Crippen molar-refractivity contribution in [2.45, 2.75) is 11.3 Å². The van der Waals surface area contributed by atoms with E-state index in [0.29, 0.717) is 13.2 Å². The predicted molar refractivity (Wildman–Crippen MR) is 68.8 cm³/mol. The lowest BCUT2D eigenvalue weighted by Crippen LogP contribution is -2.02. The number of ether oxygens (including phenoxy) is 2. The van der Waals surface area contributed by atoms with Gasteiger partial charge in [0.1, 0.15) is 5.82 Å². The molecule has 5 heteroatoms. The first kappa shape index (κ1) is 14.3. The Balaban J connectivity index is 2.11. The number of hydrogen-bond donors (Lipinski definition) is 1. The van der Waals surface area contributed by atoms with Crippen LogP contribution in [-0.2, 0) is 9.47 Å². The molecule has 0 fully saturated rings. The highest BCUT2D eigenvalue weighted by atomic mass is 32.2. The third-order valence-electron chi connectivity index (χ3n) is 2.11. The SMILES string of the molecule is COCCCOCCSc1ccc(N)c(F)c1. The lowest BCUT2D eigenvalue weighted by molar-refractivity contribution is 0.113. The quantitative estimate of drug-likeness (QED) is 0.443. The van der Waals surface area contributed by atoms with Gasteiger partial charge in [0.15, 0.2) is 0 Å². The van der Waals surface area contributed by atoms with Gasteiger partial charge in [-0.1, -0.05) is 0 Å². The summed E-state index contributed by atoms with van der Waals surface area (Å²) in [7, 11) is 1.67. The summed E-state index contributed by atoms with van der Waals surface area (Å²) in [4.78, 5) is 0.872. The number of thioether (sulfide) groups is 1. The monoisotopic (exact) mass is 259 g/mol. The zero-order chi connectivity index (χ0) is 12.5. The minimum atomic E-state index is -0.365. The third-order valence-corrected chi connectivity index (χ3v) is 3.06. The van der Waals surface area contributed by atoms with Gasteiger partial charge in [0.25, 0.3) is 0 Å². The van der Waals surface area contributed by atoms with E-state index in [1.54, 1.807) is 24.9 Å². The molecule has 0 aliphatic heterocycles. The number of benzene rings is 1. The summed E-state index contributed by atoms with van der Waals surface area (Å²) >= 11 is 1.56. The van der Waals surface area contributed by atoms with Crippen LogP contribution in [0.3, 0.4) is 0 Å². The van der Waals surface area contributed by atoms with E-state index in [4.69, 9.17) is 15.2 Å². The number of halogens is 1. The molecule has 0 bridgehead atoms. The molecule has 0 atom stereocenters. The summed E-state index contributed by atoms with van der Waals surface area (Å²) in [5, 5.41) is 0. The first-order valence-electron chi connectivity index (χ1n) is 5.48. The predicted octanol–water partition coefficient (Wildman–Crippen LogP) is 2.55. The van der Waals surface area contributed by atoms with Crippen LogP contribution >= 0.6 is 11.8 Å². The number of rotatable bonds is 8. The van der Waals surface area contributed by atoms with Crippen molar-refractivity contribution in [1.29, 1.82) is 0 Å². The first-order chi connectivity index (χ1) is 8.24. The van der Waals surface area contributed by atoms with Crippen molar-refractivity contribution in [1.82, 2.24) is 0 Å². The lowest BCUT2D eigenvalue weighted by Gasteiger charge is -2.05. The average Bonchev–Trinajstić information content (AvgIpc) is 2.32. The van der Waals surface area contributed by atoms with Crippen molar-refractivity contribution in [3.63, 3.8) is 0 Å². The summed E-state index contributed by atoms with van der Waals surface area (Å²) in [6.45, 7) is 2.07. The van der Waals surface area contributed by atoms with Crippen LogP contribution in [0.5, 0.6) is 0 Å². The molecule has 1 aromatic carbocycles. The summed E-state index contributed by atoms with van der Waals surface area (Å²) < 4.78 is 23.4. The Bertz CT molecular complexity index is 336. The second-order valence-electron chi connectivity index (χ2n) is 3.49. The molecule has 0 amide bonds. The van der Waals surface area contributed by atoms with Crippen LogP contribution < -0.4 is 5.73 Å². The molecular weight excluding hydrogens is 241 g/mol. The van der Waals surface area contributed by atoms with Crippen LogP contribution in [0.15, 0.2) is 23.1 Å². The molecule has 0 unspecified atom stereocenters. The van der Waals surface area contributed by atoms with Crippen LogP contribution in [0, 0.1) is 5.82 Å². The molecule has 1 aromatic rings. The molecule has 0 aliphatic rings. The van der Waals surface area contributed by atoms with Crippen molar-refractivity contribution in [2.75, 3.05) is 38.4 Å². The Labute approximate surface area is 105 Å². The summed E-state index contributed by atoms with van der Waals surface area (Å²) in [5.41, 5.74) is 5.58. The molecule has 0 radical (unpaired) electrons.